The van der Waals surface area contributed by atoms with E-state index < -0.39 is 12.1 Å². The number of quaternary nitrogens is 1. The summed E-state index contributed by atoms with van der Waals surface area (Å²) in [6.07, 6.45) is 21.3. The van der Waals surface area contributed by atoms with E-state index in [1.807, 2.05) is 21.1 Å². The molecule has 5 heteroatoms. The summed E-state index contributed by atoms with van der Waals surface area (Å²) in [6.45, 7) is 2.73. The fourth-order valence-electron chi connectivity index (χ4n) is 3.27. The molecule has 0 aromatic carbocycles. The first-order chi connectivity index (χ1) is 14.2. The third kappa shape index (κ3) is 21.1. The monoisotopic (exact) mass is 424 g/mol. The van der Waals surface area contributed by atoms with Crippen molar-refractivity contribution in [2.45, 2.75) is 96.5 Å². The number of hydrogen-bond donors (Lipinski definition) is 1. The standard InChI is InChI=1S/C25H45NO4/c1-5-6-7-8-9-10-11-12-13-14-15-16-17-18-19-20-25(29)30-23(21-24(27)28)22-26(2,3)4/h9-10,12-13,23H,5-8,11,14-22H2,1-4H3/p+1/b10-9+,13-12+. The van der Waals surface area contributed by atoms with Crippen molar-refractivity contribution >= 4 is 11.9 Å². The van der Waals surface area contributed by atoms with Gasteiger partial charge in [0.25, 0.3) is 0 Å². The van der Waals surface area contributed by atoms with Gasteiger partial charge in [-0.15, -0.1) is 0 Å². The number of ether oxygens (including phenoxy) is 1. The van der Waals surface area contributed by atoms with E-state index in [9.17, 15) is 9.59 Å². The Kier molecular flexibility index (Phi) is 17.2. The lowest BCUT2D eigenvalue weighted by Crippen LogP contribution is -2.43. The van der Waals surface area contributed by atoms with Crippen LogP contribution in [0.4, 0.5) is 0 Å². The number of likely N-dealkylation sites (N-methyl/N-ethyl adjacent to an activating group) is 1. The summed E-state index contributed by atoms with van der Waals surface area (Å²) in [4.78, 5) is 23.0. The van der Waals surface area contributed by atoms with Gasteiger partial charge in [0.15, 0.2) is 6.10 Å². The van der Waals surface area contributed by atoms with Gasteiger partial charge in [0, 0.05) is 6.42 Å². The Hall–Kier alpha value is -1.62. The number of rotatable bonds is 19. The molecule has 0 bridgehead atoms. The van der Waals surface area contributed by atoms with Crippen molar-refractivity contribution in [2.24, 2.45) is 0 Å². The number of allylic oxidation sites excluding steroid dienone is 4. The zero-order chi connectivity index (χ0) is 22.7. The molecule has 0 radical (unpaired) electrons. The maximum absolute atomic E-state index is 12.0. The number of unbranched alkanes of at least 4 members (excludes halogenated alkanes) is 8. The lowest BCUT2D eigenvalue weighted by atomic mass is 10.1. The molecule has 0 heterocycles. The van der Waals surface area contributed by atoms with E-state index in [1.54, 1.807) is 0 Å². The molecule has 0 spiro atoms. The van der Waals surface area contributed by atoms with E-state index in [0.717, 1.165) is 32.1 Å². The topological polar surface area (TPSA) is 63.6 Å². The lowest BCUT2D eigenvalue weighted by Gasteiger charge is -2.28. The van der Waals surface area contributed by atoms with Crippen LogP contribution in [-0.4, -0.2) is 55.3 Å². The Balaban J connectivity index is 3.71. The van der Waals surface area contributed by atoms with E-state index in [4.69, 9.17) is 9.84 Å². The van der Waals surface area contributed by atoms with Crippen molar-refractivity contribution < 1.29 is 23.9 Å². The molecular weight excluding hydrogens is 378 g/mol. The van der Waals surface area contributed by atoms with Gasteiger partial charge in [-0.25, -0.2) is 0 Å². The minimum atomic E-state index is -0.932. The molecule has 1 N–H and O–H groups in total. The molecule has 174 valence electrons. The van der Waals surface area contributed by atoms with E-state index in [0.29, 0.717) is 17.4 Å². The number of carboxylic acids is 1. The number of carbonyl (C=O) groups is 2. The molecule has 0 aliphatic rings. The quantitative estimate of drug-likeness (QED) is 0.121. The number of carbonyl (C=O) groups excluding carboxylic acids is 1. The first-order valence-corrected chi connectivity index (χ1v) is 11.8. The molecule has 0 aliphatic heterocycles. The van der Waals surface area contributed by atoms with Crippen LogP contribution in [0, 0.1) is 0 Å². The minimum absolute atomic E-state index is 0.135. The summed E-state index contributed by atoms with van der Waals surface area (Å²) in [6, 6.07) is 0. The highest BCUT2D eigenvalue weighted by atomic mass is 16.5. The predicted molar refractivity (Wildman–Crippen MR) is 124 cm³/mol. The van der Waals surface area contributed by atoms with E-state index >= 15 is 0 Å². The molecule has 0 aromatic rings. The van der Waals surface area contributed by atoms with Crippen LogP contribution in [0.5, 0.6) is 0 Å². The molecule has 0 amide bonds. The SMILES string of the molecule is CCCCC/C=C/C/C=C/CCCCCCCC(=O)OC(CC(=O)O)C[N+](C)(C)C. The van der Waals surface area contributed by atoms with Gasteiger partial charge in [0.2, 0.25) is 0 Å². The highest BCUT2D eigenvalue weighted by Gasteiger charge is 2.24. The Labute approximate surface area is 184 Å². The Morgan fingerprint density at radius 1 is 0.867 bits per heavy atom. The first kappa shape index (κ1) is 28.4. The van der Waals surface area contributed by atoms with Gasteiger partial charge in [-0.1, -0.05) is 63.3 Å². The summed E-state index contributed by atoms with van der Waals surface area (Å²) in [5, 5.41) is 9.00. The second-order valence-corrected chi connectivity index (χ2v) is 9.16. The number of hydrogen-bond acceptors (Lipinski definition) is 3. The number of esters is 1. The van der Waals surface area contributed by atoms with Crippen molar-refractivity contribution in [3.8, 4) is 0 Å². The van der Waals surface area contributed by atoms with E-state index in [-0.39, 0.29) is 12.4 Å². The zero-order valence-electron chi connectivity index (χ0n) is 19.9. The molecule has 0 rings (SSSR count). The van der Waals surface area contributed by atoms with Crippen LogP contribution < -0.4 is 0 Å². The van der Waals surface area contributed by atoms with Gasteiger partial charge in [-0.3, -0.25) is 9.59 Å². The highest BCUT2D eigenvalue weighted by Crippen LogP contribution is 2.11. The van der Waals surface area contributed by atoms with Crippen LogP contribution in [0.25, 0.3) is 0 Å². The largest absolute Gasteiger partial charge is 0.481 e. The van der Waals surface area contributed by atoms with Gasteiger partial charge in [0.1, 0.15) is 6.54 Å². The third-order valence-electron chi connectivity index (χ3n) is 4.78. The average molecular weight is 425 g/mol. The number of carboxylic acid groups (broad SMARTS) is 1. The molecule has 0 aromatic heterocycles. The molecule has 30 heavy (non-hydrogen) atoms. The van der Waals surface area contributed by atoms with Gasteiger partial charge in [-0.05, 0) is 38.5 Å². The van der Waals surface area contributed by atoms with Crippen LogP contribution in [0.15, 0.2) is 24.3 Å². The van der Waals surface area contributed by atoms with E-state index in [1.165, 1.54) is 38.5 Å². The highest BCUT2D eigenvalue weighted by molar-refractivity contribution is 5.71. The molecular formula is C25H46NO4+. The van der Waals surface area contributed by atoms with Crippen molar-refractivity contribution in [2.75, 3.05) is 27.7 Å². The maximum atomic E-state index is 12.0. The normalized spacial score (nSPS) is 13.2. The molecule has 1 atom stereocenters. The maximum Gasteiger partial charge on any atom is 0.307 e. The van der Waals surface area contributed by atoms with Crippen LogP contribution >= 0.6 is 0 Å². The molecule has 5 nitrogen and oxygen atoms in total. The molecule has 0 fully saturated rings. The van der Waals surface area contributed by atoms with Gasteiger partial charge in [0.05, 0.1) is 27.6 Å². The van der Waals surface area contributed by atoms with Crippen LogP contribution in [0.1, 0.15) is 90.4 Å². The predicted octanol–water partition coefficient (Wildman–Crippen LogP) is 5.89. The third-order valence-corrected chi connectivity index (χ3v) is 4.78. The smallest absolute Gasteiger partial charge is 0.307 e. The van der Waals surface area contributed by atoms with Gasteiger partial charge < -0.3 is 14.3 Å². The summed E-state index contributed by atoms with van der Waals surface area (Å²) in [5.74, 6) is -1.21. The number of aliphatic carboxylic acids is 1. The summed E-state index contributed by atoms with van der Waals surface area (Å²) in [7, 11) is 5.88. The molecule has 0 saturated heterocycles. The van der Waals surface area contributed by atoms with E-state index in [2.05, 4.69) is 31.2 Å². The van der Waals surface area contributed by atoms with Crippen molar-refractivity contribution in [3.63, 3.8) is 0 Å². The van der Waals surface area contributed by atoms with Gasteiger partial charge in [-0.2, -0.15) is 0 Å². The van der Waals surface area contributed by atoms with Crippen molar-refractivity contribution in [1.82, 2.24) is 0 Å². The average Bonchev–Trinajstić information content (AvgIpc) is 2.63. The number of nitrogens with zero attached hydrogens (tertiary/aromatic N) is 1. The summed E-state index contributed by atoms with van der Waals surface area (Å²) >= 11 is 0. The molecule has 0 aliphatic carbocycles. The van der Waals surface area contributed by atoms with Crippen LogP contribution in [0.3, 0.4) is 0 Å². The summed E-state index contributed by atoms with van der Waals surface area (Å²) < 4.78 is 5.97. The lowest BCUT2D eigenvalue weighted by molar-refractivity contribution is -0.873. The van der Waals surface area contributed by atoms with Crippen LogP contribution in [-0.2, 0) is 14.3 Å². The minimum Gasteiger partial charge on any atom is -0.481 e. The second-order valence-electron chi connectivity index (χ2n) is 9.16. The van der Waals surface area contributed by atoms with Gasteiger partial charge >= 0.3 is 11.9 Å². The molecule has 1 unspecified atom stereocenters. The fraction of sp³-hybridized carbons (Fsp3) is 0.760. The van der Waals surface area contributed by atoms with Crippen molar-refractivity contribution in [1.29, 1.82) is 0 Å². The Morgan fingerprint density at radius 3 is 2.00 bits per heavy atom. The fourth-order valence-corrected chi connectivity index (χ4v) is 3.27. The zero-order valence-corrected chi connectivity index (χ0v) is 19.9. The van der Waals surface area contributed by atoms with Crippen LogP contribution in [0.2, 0.25) is 0 Å². The Morgan fingerprint density at radius 2 is 1.43 bits per heavy atom. The first-order valence-electron chi connectivity index (χ1n) is 11.8. The Bertz CT molecular complexity index is 506. The molecule has 0 saturated carbocycles. The van der Waals surface area contributed by atoms with Crippen molar-refractivity contribution in [3.05, 3.63) is 24.3 Å². The second kappa shape index (κ2) is 18.2. The summed E-state index contributed by atoms with van der Waals surface area (Å²) in [5.41, 5.74) is 0.